The molecule has 0 unspecified atom stereocenters. The van der Waals surface area contributed by atoms with Crippen LogP contribution in [0.25, 0.3) is 10.9 Å². The highest BCUT2D eigenvalue weighted by atomic mass is 15.5. The molecule has 0 radical (unpaired) electrons. The summed E-state index contributed by atoms with van der Waals surface area (Å²) < 4.78 is 0. The van der Waals surface area contributed by atoms with E-state index in [2.05, 4.69) is 10.5 Å². The maximum absolute atomic E-state index is 5.56. The van der Waals surface area contributed by atoms with E-state index in [-0.39, 0.29) is 0 Å². The zero-order valence-electron chi connectivity index (χ0n) is 6.36. The highest BCUT2D eigenvalue weighted by Gasteiger charge is 2.05. The zero-order chi connectivity index (χ0) is 8.55. The van der Waals surface area contributed by atoms with Gasteiger partial charge in [0.15, 0.2) is 5.82 Å². The third kappa shape index (κ3) is 0.802. The molecule has 0 spiro atoms. The van der Waals surface area contributed by atoms with E-state index in [0.717, 1.165) is 10.9 Å². The van der Waals surface area contributed by atoms with Gasteiger partial charge in [-0.05, 0) is 12.1 Å². The van der Waals surface area contributed by atoms with E-state index >= 15 is 0 Å². The summed E-state index contributed by atoms with van der Waals surface area (Å²) in [4.78, 5) is 1.30. The maximum atomic E-state index is 5.56. The second kappa shape index (κ2) is 2.38. The van der Waals surface area contributed by atoms with Crippen LogP contribution in [0.5, 0.6) is 0 Å². The Kier molecular flexibility index (Phi) is 1.38. The van der Waals surface area contributed by atoms with Gasteiger partial charge in [-0.15, -0.1) is 5.10 Å². The molecule has 12 heavy (non-hydrogen) atoms. The maximum Gasteiger partial charge on any atom is 0.172 e. The lowest BCUT2D eigenvalue weighted by molar-refractivity contribution is 0.863. The molecule has 0 amide bonds. The Hall–Kier alpha value is -1.75. The molecule has 1 aromatic carbocycles. The topological polar surface area (TPSA) is 81.9 Å². The predicted molar refractivity (Wildman–Crippen MR) is 47.7 cm³/mol. The average Bonchev–Trinajstić information content (AvgIpc) is 2.44. The Bertz CT molecular complexity index is 405. The number of fused-ring (bicyclic) bond motifs is 1. The van der Waals surface area contributed by atoms with Gasteiger partial charge >= 0.3 is 0 Å². The number of para-hydroxylation sites is 1. The summed E-state index contributed by atoms with van der Waals surface area (Å²) in [6.45, 7) is 0. The van der Waals surface area contributed by atoms with Crippen molar-refractivity contribution in [2.24, 2.45) is 5.84 Å². The van der Waals surface area contributed by atoms with E-state index < -0.39 is 0 Å². The van der Waals surface area contributed by atoms with Crippen molar-refractivity contribution in [2.45, 2.75) is 0 Å². The van der Waals surface area contributed by atoms with E-state index in [4.69, 9.17) is 11.7 Å². The number of hydrazine groups is 1. The average molecular weight is 163 g/mol. The number of aromatic nitrogens is 2. The summed E-state index contributed by atoms with van der Waals surface area (Å²) in [5, 5.41) is 4.89. The fraction of sp³-hybridized carbons (Fsp3) is 0. The highest BCUT2D eigenvalue weighted by molar-refractivity contribution is 5.89. The van der Waals surface area contributed by atoms with E-state index in [1.807, 2.05) is 24.3 Å². The summed E-state index contributed by atoms with van der Waals surface area (Å²) in [6.07, 6.45) is 0. The zero-order valence-corrected chi connectivity index (χ0v) is 6.36. The van der Waals surface area contributed by atoms with Crippen molar-refractivity contribution in [3.63, 3.8) is 0 Å². The van der Waals surface area contributed by atoms with Gasteiger partial charge in [0.2, 0.25) is 0 Å². The summed E-state index contributed by atoms with van der Waals surface area (Å²) in [7, 11) is 0. The van der Waals surface area contributed by atoms with Gasteiger partial charge in [-0.3, -0.25) is 0 Å². The van der Waals surface area contributed by atoms with Gasteiger partial charge in [-0.2, -0.15) is 4.79 Å². The molecule has 5 nitrogen and oxygen atoms in total. The molecule has 0 saturated carbocycles. The molecule has 5 heteroatoms. The predicted octanol–water partition coefficient (Wildman–Crippen LogP) is 0.0357. The Labute approximate surface area is 68.9 Å². The minimum atomic E-state index is 0.591. The number of rotatable bonds is 1. The number of hydrogen-bond acceptors (Lipinski definition) is 4. The molecular formula is C7H9N5. The van der Waals surface area contributed by atoms with Gasteiger partial charge in [0.1, 0.15) is 0 Å². The van der Waals surface area contributed by atoms with Crippen molar-refractivity contribution in [3.05, 3.63) is 24.3 Å². The number of nitrogen functional groups attached to an aromatic ring is 2. The molecule has 1 aromatic heterocycles. The molecule has 2 rings (SSSR count). The highest BCUT2D eigenvalue weighted by Crippen LogP contribution is 2.19. The minimum Gasteiger partial charge on any atom is -0.323 e. The lowest BCUT2D eigenvalue weighted by atomic mass is 10.2. The molecule has 0 bridgehead atoms. The Morgan fingerprint density at radius 1 is 1.33 bits per heavy atom. The Balaban J connectivity index is 2.82. The van der Waals surface area contributed by atoms with E-state index in [1.54, 1.807) is 0 Å². The Morgan fingerprint density at radius 3 is 2.83 bits per heavy atom. The van der Waals surface area contributed by atoms with Crippen LogP contribution in [-0.4, -0.2) is 9.89 Å². The molecule has 0 fully saturated rings. The SMILES string of the molecule is NNc1nn(N)c2ccccc12. The van der Waals surface area contributed by atoms with Gasteiger partial charge in [-0.1, -0.05) is 12.1 Å². The first-order valence-electron chi connectivity index (χ1n) is 3.52. The number of anilines is 1. The van der Waals surface area contributed by atoms with E-state index in [9.17, 15) is 0 Å². The monoisotopic (exact) mass is 163 g/mol. The van der Waals surface area contributed by atoms with Crippen LogP contribution in [0.4, 0.5) is 5.82 Å². The van der Waals surface area contributed by atoms with Crippen LogP contribution in [0, 0.1) is 0 Å². The van der Waals surface area contributed by atoms with Gasteiger partial charge in [0, 0.05) is 5.39 Å². The largest absolute Gasteiger partial charge is 0.323 e. The smallest absolute Gasteiger partial charge is 0.172 e. The standard InChI is InChI=1S/C7H9N5/c8-10-7-5-3-1-2-4-6(5)12(9)11-7/h1-4H,8-9H2,(H,10,11). The summed E-state index contributed by atoms with van der Waals surface area (Å²) in [6, 6.07) is 7.59. The number of nitrogens with one attached hydrogen (secondary N) is 1. The third-order valence-electron chi connectivity index (χ3n) is 1.75. The van der Waals surface area contributed by atoms with Crippen molar-refractivity contribution in [1.29, 1.82) is 0 Å². The molecule has 0 aliphatic heterocycles. The summed E-state index contributed by atoms with van der Waals surface area (Å²) >= 11 is 0. The first kappa shape index (κ1) is 6.93. The number of nitrogens with two attached hydrogens (primary N) is 2. The van der Waals surface area contributed by atoms with Gasteiger partial charge < -0.3 is 11.3 Å². The van der Waals surface area contributed by atoms with Crippen LogP contribution in [0.15, 0.2) is 24.3 Å². The third-order valence-corrected chi connectivity index (χ3v) is 1.75. The van der Waals surface area contributed by atoms with Gasteiger partial charge in [-0.25, -0.2) is 5.84 Å². The minimum absolute atomic E-state index is 0.591. The molecule has 0 saturated heterocycles. The molecule has 0 aliphatic rings. The number of benzene rings is 1. The molecule has 0 atom stereocenters. The molecule has 0 aliphatic carbocycles. The second-order valence-corrected chi connectivity index (χ2v) is 2.45. The van der Waals surface area contributed by atoms with E-state index in [0.29, 0.717) is 5.82 Å². The van der Waals surface area contributed by atoms with Gasteiger partial charge in [0.25, 0.3) is 0 Å². The van der Waals surface area contributed by atoms with Gasteiger partial charge in [0.05, 0.1) is 5.52 Å². The first-order chi connectivity index (χ1) is 5.83. The quantitative estimate of drug-likeness (QED) is 0.409. The number of hydrogen-bond donors (Lipinski definition) is 3. The summed E-state index contributed by atoms with van der Waals surface area (Å²) in [5.74, 6) is 11.4. The molecule has 1 heterocycles. The van der Waals surface area contributed by atoms with E-state index in [1.165, 1.54) is 4.79 Å². The molecule has 2 aromatic rings. The Morgan fingerprint density at radius 2 is 2.08 bits per heavy atom. The normalized spacial score (nSPS) is 10.4. The fourth-order valence-electron chi connectivity index (χ4n) is 1.20. The molecule has 62 valence electrons. The van der Waals surface area contributed by atoms with Crippen LogP contribution in [0.1, 0.15) is 0 Å². The fourth-order valence-corrected chi connectivity index (χ4v) is 1.20. The second-order valence-electron chi connectivity index (χ2n) is 2.45. The van der Waals surface area contributed by atoms with Crippen LogP contribution < -0.4 is 17.1 Å². The van der Waals surface area contributed by atoms with Crippen molar-refractivity contribution in [2.75, 3.05) is 11.3 Å². The lowest BCUT2D eigenvalue weighted by Crippen LogP contribution is -2.12. The van der Waals surface area contributed by atoms with Crippen molar-refractivity contribution >= 4 is 16.7 Å². The van der Waals surface area contributed by atoms with Crippen molar-refractivity contribution in [3.8, 4) is 0 Å². The van der Waals surface area contributed by atoms with Crippen molar-refractivity contribution < 1.29 is 0 Å². The van der Waals surface area contributed by atoms with Crippen molar-refractivity contribution in [1.82, 2.24) is 9.89 Å². The molecular weight excluding hydrogens is 154 g/mol. The van der Waals surface area contributed by atoms with Crippen LogP contribution in [-0.2, 0) is 0 Å². The van der Waals surface area contributed by atoms with Crippen LogP contribution >= 0.6 is 0 Å². The van der Waals surface area contributed by atoms with Crippen LogP contribution in [0.3, 0.4) is 0 Å². The lowest BCUT2D eigenvalue weighted by Gasteiger charge is -1.91. The first-order valence-corrected chi connectivity index (χ1v) is 3.52. The summed E-state index contributed by atoms with van der Waals surface area (Å²) in [5.41, 5.74) is 3.33. The number of nitrogens with zero attached hydrogens (tertiary/aromatic N) is 2. The van der Waals surface area contributed by atoms with Crippen LogP contribution in [0.2, 0.25) is 0 Å². The molecule has 5 N–H and O–H groups in total.